The highest BCUT2D eigenvalue weighted by molar-refractivity contribution is 8.04. The minimum absolute atomic E-state index is 0.295. The number of carbonyl (C=O) groups is 2. The van der Waals surface area contributed by atoms with E-state index in [1.165, 1.54) is 16.7 Å². The fourth-order valence-corrected chi connectivity index (χ4v) is 3.73. The van der Waals surface area contributed by atoms with Crippen LogP contribution in [-0.4, -0.2) is 24.2 Å². The molecule has 1 aliphatic heterocycles. The van der Waals surface area contributed by atoms with Crippen LogP contribution in [0.3, 0.4) is 0 Å². The molecule has 0 saturated heterocycles. The quantitative estimate of drug-likeness (QED) is 0.669. The standard InChI is InChI=1S/C20H18ClNO3S/c1-3-25-16-11-9-15(10-12-16)22-19(23)17(18(20(22)24)26-4-2)13-5-7-14(21)8-6-13/h5-12H,3-4H2,1-2H3. The molecule has 0 N–H and O–H groups in total. The van der Waals surface area contributed by atoms with Gasteiger partial charge in [-0.05, 0) is 54.6 Å². The molecule has 0 aromatic heterocycles. The summed E-state index contributed by atoms with van der Waals surface area (Å²) in [4.78, 5) is 27.7. The highest BCUT2D eigenvalue weighted by atomic mass is 35.5. The Hall–Kier alpha value is -2.24. The molecule has 2 aromatic rings. The molecule has 1 aliphatic rings. The second kappa shape index (κ2) is 7.98. The van der Waals surface area contributed by atoms with E-state index in [0.29, 0.717) is 44.9 Å². The van der Waals surface area contributed by atoms with Gasteiger partial charge < -0.3 is 4.74 Å². The van der Waals surface area contributed by atoms with Gasteiger partial charge in [0.05, 0.1) is 22.8 Å². The Morgan fingerprint density at radius 2 is 1.62 bits per heavy atom. The average Bonchev–Trinajstić information content (AvgIpc) is 2.88. The van der Waals surface area contributed by atoms with Crippen LogP contribution in [0.15, 0.2) is 53.4 Å². The Morgan fingerprint density at radius 1 is 0.962 bits per heavy atom. The van der Waals surface area contributed by atoms with E-state index in [1.54, 1.807) is 48.5 Å². The van der Waals surface area contributed by atoms with Crippen molar-refractivity contribution in [3.05, 3.63) is 64.0 Å². The third-order valence-electron chi connectivity index (χ3n) is 3.87. The van der Waals surface area contributed by atoms with Gasteiger partial charge in [0.15, 0.2) is 0 Å². The van der Waals surface area contributed by atoms with Crippen molar-refractivity contribution in [3.8, 4) is 5.75 Å². The molecule has 134 valence electrons. The summed E-state index contributed by atoms with van der Waals surface area (Å²) in [7, 11) is 0. The lowest BCUT2D eigenvalue weighted by atomic mass is 10.1. The van der Waals surface area contributed by atoms with Gasteiger partial charge in [-0.3, -0.25) is 9.59 Å². The van der Waals surface area contributed by atoms with E-state index in [2.05, 4.69) is 0 Å². The van der Waals surface area contributed by atoms with Crippen molar-refractivity contribution in [1.29, 1.82) is 0 Å². The highest BCUT2D eigenvalue weighted by Gasteiger charge is 2.39. The average molecular weight is 388 g/mol. The van der Waals surface area contributed by atoms with Gasteiger partial charge in [-0.1, -0.05) is 30.7 Å². The van der Waals surface area contributed by atoms with Crippen LogP contribution in [0.1, 0.15) is 19.4 Å². The van der Waals surface area contributed by atoms with Gasteiger partial charge >= 0.3 is 0 Å². The van der Waals surface area contributed by atoms with Crippen molar-refractivity contribution < 1.29 is 14.3 Å². The second-order valence-corrected chi connectivity index (χ2v) is 7.23. The number of carbonyl (C=O) groups excluding carboxylic acids is 2. The van der Waals surface area contributed by atoms with Crippen LogP contribution in [0.25, 0.3) is 5.57 Å². The first-order chi connectivity index (χ1) is 12.6. The van der Waals surface area contributed by atoms with E-state index in [-0.39, 0.29) is 11.8 Å². The monoisotopic (exact) mass is 387 g/mol. The molecule has 0 spiro atoms. The predicted octanol–water partition coefficient (Wildman–Crippen LogP) is 4.78. The molecule has 26 heavy (non-hydrogen) atoms. The SMILES string of the molecule is CCOc1ccc(N2C(=O)C(SCC)=C(c3ccc(Cl)cc3)C2=O)cc1. The Labute approximate surface area is 161 Å². The molecule has 0 fully saturated rings. The first-order valence-corrected chi connectivity index (χ1v) is 9.67. The fourth-order valence-electron chi connectivity index (χ4n) is 2.75. The van der Waals surface area contributed by atoms with Crippen LogP contribution >= 0.6 is 23.4 Å². The number of ether oxygens (including phenoxy) is 1. The van der Waals surface area contributed by atoms with Gasteiger partial charge in [-0.15, -0.1) is 11.8 Å². The molecule has 6 heteroatoms. The summed E-state index contributed by atoms with van der Waals surface area (Å²) >= 11 is 7.33. The van der Waals surface area contributed by atoms with Gasteiger partial charge in [-0.25, -0.2) is 4.90 Å². The molecule has 0 atom stereocenters. The zero-order valence-corrected chi connectivity index (χ0v) is 16.1. The normalized spacial score (nSPS) is 14.3. The Morgan fingerprint density at radius 3 is 2.19 bits per heavy atom. The number of anilines is 1. The number of amides is 2. The number of imide groups is 1. The fraction of sp³-hybridized carbons (Fsp3) is 0.200. The number of halogens is 1. The van der Waals surface area contributed by atoms with Gasteiger partial charge in [0.2, 0.25) is 0 Å². The maximum Gasteiger partial charge on any atom is 0.272 e. The number of hydrogen-bond donors (Lipinski definition) is 0. The third-order valence-corrected chi connectivity index (χ3v) is 5.08. The van der Waals surface area contributed by atoms with E-state index < -0.39 is 0 Å². The lowest BCUT2D eigenvalue weighted by molar-refractivity contribution is -0.119. The van der Waals surface area contributed by atoms with Crippen molar-refractivity contribution in [2.24, 2.45) is 0 Å². The molecule has 0 saturated carbocycles. The molecule has 0 radical (unpaired) electrons. The summed E-state index contributed by atoms with van der Waals surface area (Å²) in [5.41, 5.74) is 1.64. The number of thioether (sulfide) groups is 1. The zero-order valence-electron chi connectivity index (χ0n) is 14.5. The first kappa shape index (κ1) is 18.5. The van der Waals surface area contributed by atoms with Crippen molar-refractivity contribution in [2.45, 2.75) is 13.8 Å². The molecule has 1 heterocycles. The molecule has 3 rings (SSSR count). The highest BCUT2D eigenvalue weighted by Crippen LogP contribution is 2.38. The van der Waals surface area contributed by atoms with E-state index in [1.807, 2.05) is 13.8 Å². The van der Waals surface area contributed by atoms with Crippen LogP contribution in [0.4, 0.5) is 5.69 Å². The molecule has 2 aromatic carbocycles. The lowest BCUT2D eigenvalue weighted by Crippen LogP contribution is -2.31. The van der Waals surface area contributed by atoms with Crippen LogP contribution in [0, 0.1) is 0 Å². The summed E-state index contributed by atoms with van der Waals surface area (Å²) < 4.78 is 5.42. The number of rotatable bonds is 6. The maximum atomic E-state index is 13.1. The van der Waals surface area contributed by atoms with Gasteiger partial charge in [0.25, 0.3) is 11.8 Å². The maximum absolute atomic E-state index is 13.1. The largest absolute Gasteiger partial charge is 0.494 e. The van der Waals surface area contributed by atoms with Crippen molar-refractivity contribution >= 4 is 46.4 Å². The van der Waals surface area contributed by atoms with Gasteiger partial charge in [0.1, 0.15) is 5.75 Å². The molecular weight excluding hydrogens is 370 g/mol. The third kappa shape index (κ3) is 3.50. The van der Waals surface area contributed by atoms with Crippen LogP contribution in [0.5, 0.6) is 5.75 Å². The molecular formula is C20H18ClNO3S. The van der Waals surface area contributed by atoms with Crippen molar-refractivity contribution in [3.63, 3.8) is 0 Å². The lowest BCUT2D eigenvalue weighted by Gasteiger charge is -2.15. The van der Waals surface area contributed by atoms with Gasteiger partial charge in [0, 0.05) is 5.02 Å². The molecule has 4 nitrogen and oxygen atoms in total. The topological polar surface area (TPSA) is 46.6 Å². The van der Waals surface area contributed by atoms with Crippen molar-refractivity contribution in [1.82, 2.24) is 0 Å². The minimum Gasteiger partial charge on any atom is -0.494 e. The zero-order chi connectivity index (χ0) is 18.7. The van der Waals surface area contributed by atoms with Crippen LogP contribution in [-0.2, 0) is 9.59 Å². The summed E-state index contributed by atoms with van der Waals surface area (Å²) in [5.74, 6) is 0.778. The van der Waals surface area contributed by atoms with E-state index in [9.17, 15) is 9.59 Å². The predicted molar refractivity (Wildman–Crippen MR) is 107 cm³/mol. The Kier molecular flexibility index (Phi) is 5.69. The van der Waals surface area contributed by atoms with Crippen molar-refractivity contribution in [2.75, 3.05) is 17.3 Å². The Balaban J connectivity index is 2.00. The molecule has 0 bridgehead atoms. The van der Waals surface area contributed by atoms with Crippen LogP contribution < -0.4 is 9.64 Å². The minimum atomic E-state index is -0.322. The second-order valence-electron chi connectivity index (χ2n) is 5.52. The summed E-state index contributed by atoms with van der Waals surface area (Å²) in [6.45, 7) is 4.41. The molecule has 0 aliphatic carbocycles. The number of hydrogen-bond acceptors (Lipinski definition) is 4. The van der Waals surface area contributed by atoms with E-state index >= 15 is 0 Å². The smallest absolute Gasteiger partial charge is 0.272 e. The first-order valence-electron chi connectivity index (χ1n) is 8.31. The molecule has 0 unspecified atom stereocenters. The summed E-state index contributed by atoms with van der Waals surface area (Å²) in [6.07, 6.45) is 0. The van der Waals surface area contributed by atoms with E-state index in [4.69, 9.17) is 16.3 Å². The summed E-state index contributed by atoms with van der Waals surface area (Å²) in [6, 6.07) is 13.9. The van der Waals surface area contributed by atoms with Gasteiger partial charge in [-0.2, -0.15) is 0 Å². The van der Waals surface area contributed by atoms with Crippen LogP contribution in [0.2, 0.25) is 5.02 Å². The number of nitrogens with zero attached hydrogens (tertiary/aromatic N) is 1. The molecule has 2 amide bonds. The number of benzene rings is 2. The Bertz CT molecular complexity index is 860. The summed E-state index contributed by atoms with van der Waals surface area (Å²) in [5, 5.41) is 0.583. The van der Waals surface area contributed by atoms with E-state index in [0.717, 1.165) is 0 Å².